The highest BCUT2D eigenvalue weighted by molar-refractivity contribution is 7.89. The molecule has 0 bridgehead atoms. The van der Waals surface area contributed by atoms with E-state index in [9.17, 15) is 13.2 Å². The Hall–Kier alpha value is -2.08. The van der Waals surface area contributed by atoms with Gasteiger partial charge in [0, 0.05) is 25.2 Å². The maximum atomic E-state index is 13.7. The monoisotopic (exact) mass is 580 g/mol. The van der Waals surface area contributed by atoms with Crippen molar-refractivity contribution >= 4 is 55.0 Å². The van der Waals surface area contributed by atoms with E-state index in [0.29, 0.717) is 30.3 Å². The molecule has 208 valence electrons. The number of aromatic nitrogens is 1. The molecule has 2 atom stereocenters. The molecule has 11 heteroatoms. The molecular weight excluding hydrogens is 544 g/mol. The summed E-state index contributed by atoms with van der Waals surface area (Å²) in [4.78, 5) is 22.5. The summed E-state index contributed by atoms with van der Waals surface area (Å²) < 4.78 is 34.7. The van der Waals surface area contributed by atoms with Gasteiger partial charge in [-0.25, -0.2) is 13.4 Å². The molecule has 1 amide bonds. The van der Waals surface area contributed by atoms with Crippen LogP contribution in [0.2, 0.25) is 0 Å². The van der Waals surface area contributed by atoms with E-state index >= 15 is 0 Å². The quantitative estimate of drug-likeness (QED) is 0.383. The number of halogens is 1. The van der Waals surface area contributed by atoms with Gasteiger partial charge < -0.3 is 9.64 Å². The van der Waals surface area contributed by atoms with Crippen molar-refractivity contribution < 1.29 is 17.9 Å². The molecule has 0 spiro atoms. The van der Waals surface area contributed by atoms with Crippen LogP contribution in [0.15, 0.2) is 41.3 Å². The number of rotatable bonds is 8. The number of benzene rings is 2. The number of amides is 1. The summed E-state index contributed by atoms with van der Waals surface area (Å²) in [5.41, 5.74) is 3.59. The number of hydrogen-bond acceptors (Lipinski definition) is 7. The Bertz CT molecular complexity index is 1370. The fourth-order valence-corrected chi connectivity index (χ4v) is 7.34. The minimum atomic E-state index is -3.68. The van der Waals surface area contributed by atoms with Crippen molar-refractivity contribution in [3.8, 4) is 0 Å². The standard InChI is InChI=1S/C27H36N4O4S2.ClH/c1-18-14-19(2)25-24(15-18)28-27(36-25)31(13-7-12-29(5)6)26(32)22-8-10-23(11-9-22)37(33,34)30-16-20(3)35-21(4)17-30;/h8-11,14-15,20-21H,7,12-13,16-17H2,1-6H3;1H. The Morgan fingerprint density at radius 2 is 1.71 bits per heavy atom. The van der Waals surface area contributed by atoms with Gasteiger partial charge in [0.2, 0.25) is 10.0 Å². The molecule has 0 aliphatic carbocycles. The van der Waals surface area contributed by atoms with Crippen molar-refractivity contribution in [2.75, 3.05) is 45.2 Å². The first kappa shape index (κ1) is 30.5. The topological polar surface area (TPSA) is 83.1 Å². The van der Waals surface area contributed by atoms with Crippen LogP contribution in [-0.4, -0.2) is 81.0 Å². The van der Waals surface area contributed by atoms with Gasteiger partial charge in [0.15, 0.2) is 5.13 Å². The summed E-state index contributed by atoms with van der Waals surface area (Å²) in [7, 11) is 0.330. The van der Waals surface area contributed by atoms with Crippen LogP contribution in [0, 0.1) is 13.8 Å². The smallest absolute Gasteiger partial charge is 0.260 e. The fraction of sp³-hybridized carbons (Fsp3) is 0.481. The van der Waals surface area contributed by atoms with E-state index in [2.05, 4.69) is 17.9 Å². The highest BCUT2D eigenvalue weighted by Gasteiger charge is 2.32. The summed E-state index contributed by atoms with van der Waals surface area (Å²) in [5, 5.41) is 0.653. The normalized spacial score (nSPS) is 18.5. The van der Waals surface area contributed by atoms with Gasteiger partial charge >= 0.3 is 0 Å². The number of sulfonamides is 1. The molecule has 1 aliphatic heterocycles. The van der Waals surface area contributed by atoms with E-state index in [4.69, 9.17) is 9.72 Å². The minimum absolute atomic E-state index is 0. The maximum Gasteiger partial charge on any atom is 0.260 e. The highest BCUT2D eigenvalue weighted by atomic mass is 35.5. The van der Waals surface area contributed by atoms with Crippen molar-refractivity contribution in [3.05, 3.63) is 53.1 Å². The zero-order chi connectivity index (χ0) is 26.9. The Balaban J connectivity index is 0.00000400. The number of carbonyl (C=O) groups excluding carboxylic acids is 1. The van der Waals surface area contributed by atoms with E-state index in [0.717, 1.165) is 34.3 Å². The molecule has 0 N–H and O–H groups in total. The number of anilines is 1. The van der Waals surface area contributed by atoms with Crippen molar-refractivity contribution in [2.45, 2.75) is 51.2 Å². The van der Waals surface area contributed by atoms with Crippen molar-refractivity contribution in [1.82, 2.24) is 14.2 Å². The number of thiazole rings is 1. The average molecular weight is 581 g/mol. The predicted molar refractivity (Wildman–Crippen MR) is 156 cm³/mol. The van der Waals surface area contributed by atoms with Crippen molar-refractivity contribution in [1.29, 1.82) is 0 Å². The van der Waals surface area contributed by atoms with Gasteiger partial charge in [-0.1, -0.05) is 17.4 Å². The summed E-state index contributed by atoms with van der Waals surface area (Å²) in [6.07, 6.45) is 0.444. The first-order chi connectivity index (χ1) is 17.5. The maximum absolute atomic E-state index is 13.7. The molecule has 0 radical (unpaired) electrons. The number of nitrogens with zero attached hydrogens (tertiary/aromatic N) is 4. The number of carbonyl (C=O) groups is 1. The Morgan fingerprint density at radius 3 is 2.32 bits per heavy atom. The molecule has 2 unspecified atom stereocenters. The van der Waals surface area contributed by atoms with Gasteiger partial charge in [-0.05, 0) is 96.2 Å². The molecule has 38 heavy (non-hydrogen) atoms. The Labute approximate surface area is 236 Å². The highest BCUT2D eigenvalue weighted by Crippen LogP contribution is 2.33. The molecule has 1 aliphatic rings. The zero-order valence-electron chi connectivity index (χ0n) is 22.8. The second-order valence-electron chi connectivity index (χ2n) is 10.1. The van der Waals surface area contributed by atoms with Gasteiger partial charge in [0.25, 0.3) is 5.91 Å². The third-order valence-electron chi connectivity index (χ3n) is 6.40. The first-order valence-corrected chi connectivity index (χ1v) is 14.8. The van der Waals surface area contributed by atoms with Crippen LogP contribution < -0.4 is 4.90 Å². The lowest BCUT2D eigenvalue weighted by atomic mass is 10.1. The number of morpholine rings is 1. The molecule has 1 fully saturated rings. The van der Waals surface area contributed by atoms with Crippen LogP contribution in [0.3, 0.4) is 0 Å². The van der Waals surface area contributed by atoms with E-state index in [1.807, 2.05) is 40.9 Å². The van der Waals surface area contributed by atoms with E-state index in [-0.39, 0.29) is 35.4 Å². The fourth-order valence-electron chi connectivity index (χ4n) is 4.71. The minimum Gasteiger partial charge on any atom is -0.373 e. The van der Waals surface area contributed by atoms with Crippen molar-refractivity contribution in [2.24, 2.45) is 0 Å². The first-order valence-electron chi connectivity index (χ1n) is 12.6. The Kier molecular flexibility index (Phi) is 9.94. The van der Waals surface area contributed by atoms with Gasteiger partial charge in [-0.2, -0.15) is 4.31 Å². The number of ether oxygens (including phenoxy) is 1. The van der Waals surface area contributed by atoms with Gasteiger partial charge in [-0.15, -0.1) is 12.4 Å². The number of hydrogen-bond donors (Lipinski definition) is 0. The second-order valence-corrected chi connectivity index (χ2v) is 13.1. The lowest BCUT2D eigenvalue weighted by Gasteiger charge is -2.34. The van der Waals surface area contributed by atoms with Crippen LogP contribution in [-0.2, 0) is 14.8 Å². The third kappa shape index (κ3) is 6.73. The van der Waals surface area contributed by atoms with E-state index in [1.165, 1.54) is 27.8 Å². The van der Waals surface area contributed by atoms with Crippen LogP contribution in [0.25, 0.3) is 10.2 Å². The number of fused-ring (bicyclic) bond motifs is 1. The summed E-state index contributed by atoms with van der Waals surface area (Å²) in [6, 6.07) is 10.4. The summed E-state index contributed by atoms with van der Waals surface area (Å²) in [5.74, 6) is -0.190. The SMILES string of the molecule is Cc1cc(C)c2sc(N(CCCN(C)C)C(=O)c3ccc(S(=O)(=O)N4CC(C)OC(C)C4)cc3)nc2c1.Cl. The van der Waals surface area contributed by atoms with Crippen LogP contribution in [0.5, 0.6) is 0 Å². The molecule has 1 saturated heterocycles. The van der Waals surface area contributed by atoms with Crippen LogP contribution in [0.4, 0.5) is 5.13 Å². The largest absolute Gasteiger partial charge is 0.373 e. The Morgan fingerprint density at radius 1 is 1.08 bits per heavy atom. The predicted octanol–water partition coefficient (Wildman–Crippen LogP) is 4.73. The third-order valence-corrected chi connectivity index (χ3v) is 9.47. The molecule has 2 aromatic carbocycles. The van der Waals surface area contributed by atoms with Gasteiger partial charge in [0.1, 0.15) is 0 Å². The lowest BCUT2D eigenvalue weighted by Crippen LogP contribution is -2.48. The summed E-state index contributed by atoms with van der Waals surface area (Å²) in [6.45, 7) is 9.81. The lowest BCUT2D eigenvalue weighted by molar-refractivity contribution is -0.0440. The van der Waals surface area contributed by atoms with Gasteiger partial charge in [-0.3, -0.25) is 9.69 Å². The van der Waals surface area contributed by atoms with E-state index < -0.39 is 10.0 Å². The molecule has 2 heterocycles. The molecule has 1 aromatic heterocycles. The van der Waals surface area contributed by atoms with Crippen molar-refractivity contribution in [3.63, 3.8) is 0 Å². The molecule has 4 rings (SSSR count). The van der Waals surface area contributed by atoms with Gasteiger partial charge in [0.05, 0.1) is 27.3 Å². The second kappa shape index (κ2) is 12.4. The molecule has 0 saturated carbocycles. The van der Waals surface area contributed by atoms with E-state index in [1.54, 1.807) is 17.0 Å². The number of aryl methyl sites for hydroxylation is 2. The van der Waals surface area contributed by atoms with Crippen LogP contribution >= 0.6 is 23.7 Å². The van der Waals surface area contributed by atoms with Crippen LogP contribution in [0.1, 0.15) is 41.8 Å². The average Bonchev–Trinajstić information content (AvgIpc) is 3.25. The summed E-state index contributed by atoms with van der Waals surface area (Å²) >= 11 is 1.52. The molecular formula is C27H37ClN4O4S2. The molecule has 8 nitrogen and oxygen atoms in total. The molecule has 3 aromatic rings. The zero-order valence-corrected chi connectivity index (χ0v) is 25.3.